The van der Waals surface area contributed by atoms with Gasteiger partial charge in [0.2, 0.25) is 10.0 Å². The van der Waals surface area contributed by atoms with Crippen LogP contribution in [0.4, 0.5) is 0 Å². The Morgan fingerprint density at radius 1 is 1.29 bits per heavy atom. The molecule has 0 saturated carbocycles. The number of carbonyl (C=O) groups excluding carboxylic acids is 1. The molecule has 0 bridgehead atoms. The molecular weight excluding hydrogens is 288 g/mol. The third kappa shape index (κ3) is 4.54. The van der Waals surface area contributed by atoms with E-state index in [4.69, 9.17) is 5.14 Å². The predicted octanol–water partition coefficient (Wildman–Crippen LogP) is 2.12. The SMILES string of the molecule is CCC(C)(C)CNC(=O)c1cc(C)c(C)c(S(N)(=O)=O)c1. The highest BCUT2D eigenvalue weighted by Crippen LogP contribution is 2.21. The van der Waals surface area contributed by atoms with Gasteiger partial charge < -0.3 is 5.32 Å². The summed E-state index contributed by atoms with van der Waals surface area (Å²) in [5.74, 6) is -0.287. The Balaban J connectivity index is 3.10. The minimum atomic E-state index is -3.84. The molecule has 0 aliphatic heterocycles. The summed E-state index contributed by atoms with van der Waals surface area (Å²) in [5.41, 5.74) is 1.61. The van der Waals surface area contributed by atoms with Crippen molar-refractivity contribution in [2.75, 3.05) is 6.54 Å². The molecule has 21 heavy (non-hydrogen) atoms. The van der Waals surface area contributed by atoms with E-state index in [2.05, 4.69) is 26.1 Å². The number of amides is 1. The average molecular weight is 312 g/mol. The molecule has 0 aliphatic rings. The van der Waals surface area contributed by atoms with Crippen LogP contribution in [0.1, 0.15) is 48.7 Å². The summed E-state index contributed by atoms with van der Waals surface area (Å²) >= 11 is 0. The summed E-state index contributed by atoms with van der Waals surface area (Å²) in [6.07, 6.45) is 0.933. The van der Waals surface area contributed by atoms with Crippen molar-refractivity contribution in [2.45, 2.75) is 45.9 Å². The number of sulfonamides is 1. The number of hydrogen-bond acceptors (Lipinski definition) is 3. The second kappa shape index (κ2) is 6.15. The fourth-order valence-corrected chi connectivity index (χ4v) is 2.68. The Bertz CT molecular complexity index is 649. The molecule has 0 aliphatic carbocycles. The average Bonchev–Trinajstić information content (AvgIpc) is 2.37. The molecule has 0 radical (unpaired) electrons. The summed E-state index contributed by atoms with van der Waals surface area (Å²) in [6, 6.07) is 3.02. The largest absolute Gasteiger partial charge is 0.352 e. The Morgan fingerprint density at radius 3 is 2.33 bits per heavy atom. The van der Waals surface area contributed by atoms with E-state index in [0.29, 0.717) is 17.7 Å². The number of rotatable bonds is 5. The molecule has 5 nitrogen and oxygen atoms in total. The first-order valence-corrected chi connectivity index (χ1v) is 8.45. The van der Waals surface area contributed by atoms with Crippen LogP contribution < -0.4 is 10.5 Å². The minimum Gasteiger partial charge on any atom is -0.352 e. The van der Waals surface area contributed by atoms with Crippen molar-refractivity contribution in [3.63, 3.8) is 0 Å². The molecule has 0 atom stereocenters. The van der Waals surface area contributed by atoms with Crippen LogP contribution in [0.2, 0.25) is 0 Å². The molecule has 0 fully saturated rings. The van der Waals surface area contributed by atoms with Gasteiger partial charge in [0.05, 0.1) is 4.90 Å². The molecule has 3 N–H and O–H groups in total. The Hall–Kier alpha value is -1.40. The number of benzene rings is 1. The van der Waals surface area contributed by atoms with Crippen molar-refractivity contribution in [2.24, 2.45) is 10.6 Å². The zero-order chi connectivity index (χ0) is 16.4. The lowest BCUT2D eigenvalue weighted by Gasteiger charge is -2.23. The lowest BCUT2D eigenvalue weighted by Crippen LogP contribution is -2.33. The van der Waals surface area contributed by atoms with Crippen LogP contribution >= 0.6 is 0 Å². The lowest BCUT2D eigenvalue weighted by atomic mass is 9.90. The third-order valence-electron chi connectivity index (χ3n) is 3.87. The fraction of sp³-hybridized carbons (Fsp3) is 0.533. The van der Waals surface area contributed by atoms with Crippen molar-refractivity contribution in [1.29, 1.82) is 0 Å². The topological polar surface area (TPSA) is 89.3 Å². The van der Waals surface area contributed by atoms with Gasteiger partial charge in [-0.3, -0.25) is 4.79 Å². The minimum absolute atomic E-state index is 0.00181. The van der Waals surface area contributed by atoms with Gasteiger partial charge in [-0.15, -0.1) is 0 Å². The first-order chi connectivity index (χ1) is 9.48. The highest BCUT2D eigenvalue weighted by Gasteiger charge is 2.20. The fourth-order valence-electron chi connectivity index (χ4n) is 1.80. The highest BCUT2D eigenvalue weighted by molar-refractivity contribution is 7.89. The van der Waals surface area contributed by atoms with Crippen LogP contribution in [-0.2, 0) is 10.0 Å². The van der Waals surface area contributed by atoms with Crippen LogP contribution in [0.25, 0.3) is 0 Å². The number of aryl methyl sites for hydroxylation is 1. The van der Waals surface area contributed by atoms with Crippen molar-refractivity contribution in [3.8, 4) is 0 Å². The van der Waals surface area contributed by atoms with E-state index in [1.165, 1.54) is 6.07 Å². The molecule has 0 heterocycles. The second-order valence-corrected chi connectivity index (χ2v) is 7.69. The summed E-state index contributed by atoms with van der Waals surface area (Å²) in [6.45, 7) is 10.1. The smallest absolute Gasteiger partial charge is 0.251 e. The van der Waals surface area contributed by atoms with E-state index in [1.807, 2.05) is 0 Å². The molecular formula is C15H24N2O3S. The highest BCUT2D eigenvalue weighted by atomic mass is 32.2. The van der Waals surface area contributed by atoms with Crippen molar-refractivity contribution >= 4 is 15.9 Å². The van der Waals surface area contributed by atoms with E-state index >= 15 is 0 Å². The van der Waals surface area contributed by atoms with Gasteiger partial charge >= 0.3 is 0 Å². The summed E-state index contributed by atoms with van der Waals surface area (Å²) in [7, 11) is -3.84. The Kier molecular flexibility index (Phi) is 5.17. The number of carbonyl (C=O) groups is 1. The molecule has 6 heteroatoms. The zero-order valence-corrected chi connectivity index (χ0v) is 14.1. The van der Waals surface area contributed by atoms with Gasteiger partial charge in [0.25, 0.3) is 5.91 Å². The maximum atomic E-state index is 12.2. The molecule has 118 valence electrons. The molecule has 1 aromatic carbocycles. The van der Waals surface area contributed by atoms with Gasteiger partial charge in [-0.1, -0.05) is 20.8 Å². The Morgan fingerprint density at radius 2 is 1.86 bits per heavy atom. The molecule has 0 spiro atoms. The molecule has 0 unspecified atom stereocenters. The van der Waals surface area contributed by atoms with Gasteiger partial charge in [0.1, 0.15) is 0 Å². The monoisotopic (exact) mass is 312 g/mol. The maximum Gasteiger partial charge on any atom is 0.251 e. The van der Waals surface area contributed by atoms with Gasteiger partial charge in [-0.2, -0.15) is 0 Å². The van der Waals surface area contributed by atoms with E-state index in [9.17, 15) is 13.2 Å². The van der Waals surface area contributed by atoms with Crippen molar-refractivity contribution in [1.82, 2.24) is 5.32 Å². The van der Waals surface area contributed by atoms with E-state index in [-0.39, 0.29) is 16.2 Å². The number of primary sulfonamides is 1. The van der Waals surface area contributed by atoms with Crippen LogP contribution in [0, 0.1) is 19.3 Å². The number of nitrogens with two attached hydrogens (primary N) is 1. The van der Waals surface area contributed by atoms with Gasteiger partial charge in [0, 0.05) is 12.1 Å². The quantitative estimate of drug-likeness (QED) is 0.872. The van der Waals surface area contributed by atoms with Gasteiger partial charge in [-0.25, -0.2) is 13.6 Å². The third-order valence-corrected chi connectivity index (χ3v) is 4.91. The van der Waals surface area contributed by atoms with Crippen molar-refractivity contribution < 1.29 is 13.2 Å². The molecule has 1 rings (SSSR count). The lowest BCUT2D eigenvalue weighted by molar-refractivity contribution is 0.0935. The first kappa shape index (κ1) is 17.7. The van der Waals surface area contributed by atoms with Crippen LogP contribution in [0.15, 0.2) is 17.0 Å². The molecule has 0 saturated heterocycles. The van der Waals surface area contributed by atoms with Crippen LogP contribution in [0.3, 0.4) is 0 Å². The normalized spacial score (nSPS) is 12.3. The zero-order valence-electron chi connectivity index (χ0n) is 13.3. The van der Waals surface area contributed by atoms with E-state index < -0.39 is 10.0 Å². The first-order valence-electron chi connectivity index (χ1n) is 6.90. The van der Waals surface area contributed by atoms with E-state index in [0.717, 1.165) is 12.0 Å². The standard InChI is InChI=1S/C15H24N2O3S/c1-6-15(4,5)9-17-14(18)12-7-10(2)11(3)13(8-12)21(16,19)20/h7-8H,6,9H2,1-5H3,(H,17,18)(H2,16,19,20). The van der Waals surface area contributed by atoms with Crippen LogP contribution in [-0.4, -0.2) is 20.9 Å². The van der Waals surface area contributed by atoms with E-state index in [1.54, 1.807) is 19.9 Å². The number of hydrogen-bond donors (Lipinski definition) is 2. The Labute approximate surface area is 127 Å². The van der Waals surface area contributed by atoms with Crippen molar-refractivity contribution in [3.05, 3.63) is 28.8 Å². The molecule has 1 aromatic rings. The number of nitrogens with one attached hydrogen (secondary N) is 1. The summed E-state index contributed by atoms with van der Waals surface area (Å²) < 4.78 is 23.2. The second-order valence-electron chi connectivity index (χ2n) is 6.16. The molecule has 1 amide bonds. The van der Waals surface area contributed by atoms with Gasteiger partial charge in [-0.05, 0) is 48.9 Å². The predicted molar refractivity (Wildman–Crippen MR) is 83.7 cm³/mol. The van der Waals surface area contributed by atoms with Gasteiger partial charge in [0.15, 0.2) is 0 Å². The molecule has 0 aromatic heterocycles. The maximum absolute atomic E-state index is 12.2. The summed E-state index contributed by atoms with van der Waals surface area (Å²) in [4.78, 5) is 12.2. The summed E-state index contributed by atoms with van der Waals surface area (Å²) in [5, 5.41) is 8.04. The van der Waals surface area contributed by atoms with Crippen LogP contribution in [0.5, 0.6) is 0 Å².